The van der Waals surface area contributed by atoms with Crippen molar-refractivity contribution in [3.8, 4) is 46.0 Å². The zero-order chi connectivity index (χ0) is 29.2. The molecule has 4 nitrogen and oxygen atoms in total. The van der Waals surface area contributed by atoms with E-state index in [4.69, 9.17) is 18.9 Å². The van der Waals surface area contributed by atoms with E-state index in [1.54, 1.807) is 0 Å². The van der Waals surface area contributed by atoms with Crippen molar-refractivity contribution in [2.24, 2.45) is 0 Å². The summed E-state index contributed by atoms with van der Waals surface area (Å²) in [6.45, 7) is 4.32. The summed E-state index contributed by atoms with van der Waals surface area (Å²) in [6.07, 6.45) is 0. The number of hydrogen-bond acceptors (Lipinski definition) is 4. The van der Waals surface area contributed by atoms with Gasteiger partial charge in [0.25, 0.3) is 6.71 Å². The molecule has 2 aliphatic heterocycles. The molecule has 43 heavy (non-hydrogen) atoms. The highest BCUT2D eigenvalue weighted by Gasteiger charge is 2.39. The van der Waals surface area contributed by atoms with Gasteiger partial charge in [-0.15, -0.1) is 0 Å². The van der Waals surface area contributed by atoms with Gasteiger partial charge < -0.3 is 18.9 Å². The second kappa shape index (κ2) is 11.5. The minimum Gasteiger partial charge on any atom is -0.458 e. The molecule has 0 atom stereocenters. The van der Waals surface area contributed by atoms with Crippen LogP contribution in [0.25, 0.3) is 0 Å². The maximum Gasteiger partial charge on any atom is 0.260 e. The molecule has 0 fully saturated rings. The minimum absolute atomic E-state index is 0.181. The smallest absolute Gasteiger partial charge is 0.260 e. The number of rotatable bonds is 4. The SMILES string of the molecule is Cc1ccc2c(c1)Oc1cccc3c1B2c1ccccc1O3.Cc1cccc(Oc2cccc(Oc3ccccc3)c2)c1. The Kier molecular flexibility index (Phi) is 7.06. The first-order chi connectivity index (χ1) is 21.1. The molecule has 0 spiro atoms. The molecule has 2 heterocycles. The molecular formula is C38H29BO4. The summed E-state index contributed by atoms with van der Waals surface area (Å²) in [7, 11) is 0. The molecule has 0 radical (unpaired) electrons. The van der Waals surface area contributed by atoms with Crippen molar-refractivity contribution < 1.29 is 18.9 Å². The van der Waals surface area contributed by atoms with Gasteiger partial charge in [-0.1, -0.05) is 72.8 Å². The van der Waals surface area contributed by atoms with Gasteiger partial charge in [0.1, 0.15) is 46.0 Å². The molecule has 8 rings (SSSR count). The summed E-state index contributed by atoms with van der Waals surface area (Å²) in [5, 5.41) is 0. The van der Waals surface area contributed by atoms with Crippen molar-refractivity contribution in [1.29, 1.82) is 0 Å². The maximum atomic E-state index is 6.14. The van der Waals surface area contributed by atoms with Crippen LogP contribution in [0, 0.1) is 13.8 Å². The molecule has 0 amide bonds. The Balaban J connectivity index is 0.000000140. The van der Waals surface area contributed by atoms with Gasteiger partial charge in [0, 0.05) is 11.5 Å². The van der Waals surface area contributed by atoms with Crippen LogP contribution in [-0.2, 0) is 0 Å². The molecule has 5 heteroatoms. The van der Waals surface area contributed by atoms with E-state index in [0.717, 1.165) is 51.5 Å². The third-order valence-electron chi connectivity index (χ3n) is 7.47. The summed E-state index contributed by atoms with van der Waals surface area (Å²) in [5.41, 5.74) is 5.93. The quantitative estimate of drug-likeness (QED) is 0.203. The Morgan fingerprint density at radius 2 is 0.953 bits per heavy atom. The first kappa shape index (κ1) is 26.5. The van der Waals surface area contributed by atoms with E-state index < -0.39 is 0 Å². The van der Waals surface area contributed by atoms with Crippen molar-refractivity contribution in [1.82, 2.24) is 0 Å². The molecular weight excluding hydrogens is 531 g/mol. The summed E-state index contributed by atoms with van der Waals surface area (Å²) in [6, 6.07) is 46.0. The molecule has 0 unspecified atom stereocenters. The summed E-state index contributed by atoms with van der Waals surface area (Å²) in [5.74, 6) is 6.83. The average Bonchev–Trinajstić information content (AvgIpc) is 3.02. The van der Waals surface area contributed by atoms with Crippen molar-refractivity contribution in [2.45, 2.75) is 13.8 Å². The second-order valence-electron chi connectivity index (χ2n) is 10.7. The van der Waals surface area contributed by atoms with E-state index in [9.17, 15) is 0 Å². The standard InChI is InChI=1S/C19H13BO2.C19H16O2/c1-12-9-10-14-18(11-12)22-17-8-4-7-16-19(17)20(14)13-5-2-3-6-15(13)21-16;1-15-7-5-10-17(13-15)21-19-12-6-11-18(14-19)20-16-8-3-2-4-9-16/h2-11H,1H3;2-14H,1H3. The fourth-order valence-electron chi connectivity index (χ4n) is 5.52. The summed E-state index contributed by atoms with van der Waals surface area (Å²) < 4.78 is 23.9. The second-order valence-corrected chi connectivity index (χ2v) is 10.7. The predicted octanol–water partition coefficient (Wildman–Crippen LogP) is 8.30. The predicted molar refractivity (Wildman–Crippen MR) is 173 cm³/mol. The fraction of sp³-hybridized carbons (Fsp3) is 0.0526. The molecule has 0 aliphatic carbocycles. The Labute approximate surface area is 252 Å². The number of fused-ring (bicyclic) bond motifs is 4. The van der Waals surface area contributed by atoms with Gasteiger partial charge in [0.15, 0.2) is 0 Å². The number of aryl methyl sites for hydroxylation is 2. The average molecular weight is 560 g/mol. The van der Waals surface area contributed by atoms with Crippen LogP contribution < -0.4 is 35.3 Å². The van der Waals surface area contributed by atoms with Crippen LogP contribution in [0.2, 0.25) is 0 Å². The third-order valence-corrected chi connectivity index (χ3v) is 7.47. The van der Waals surface area contributed by atoms with Gasteiger partial charge in [0.05, 0.1) is 0 Å². The van der Waals surface area contributed by atoms with E-state index in [2.05, 4.69) is 37.3 Å². The molecule has 0 saturated heterocycles. The molecule has 6 aromatic carbocycles. The topological polar surface area (TPSA) is 36.9 Å². The van der Waals surface area contributed by atoms with Gasteiger partial charge in [0.2, 0.25) is 0 Å². The lowest BCUT2D eigenvalue weighted by molar-refractivity contribution is 0.460. The highest BCUT2D eigenvalue weighted by atomic mass is 16.5. The minimum atomic E-state index is 0.181. The van der Waals surface area contributed by atoms with E-state index in [1.165, 1.54) is 22.1 Å². The number of para-hydroxylation sites is 2. The van der Waals surface area contributed by atoms with Crippen LogP contribution in [-0.4, -0.2) is 6.71 Å². The molecule has 0 aromatic heterocycles. The van der Waals surface area contributed by atoms with Crippen LogP contribution in [0.3, 0.4) is 0 Å². The molecule has 2 aliphatic rings. The Hall–Kier alpha value is -5.42. The lowest BCUT2D eigenvalue weighted by Crippen LogP contribution is -2.57. The number of hydrogen-bond donors (Lipinski definition) is 0. The first-order valence-corrected chi connectivity index (χ1v) is 14.4. The highest BCUT2D eigenvalue weighted by molar-refractivity contribution is 6.98. The van der Waals surface area contributed by atoms with Crippen LogP contribution in [0.5, 0.6) is 46.0 Å². The number of benzene rings is 6. The van der Waals surface area contributed by atoms with Crippen molar-refractivity contribution in [3.63, 3.8) is 0 Å². The fourth-order valence-corrected chi connectivity index (χ4v) is 5.52. The van der Waals surface area contributed by atoms with E-state index in [-0.39, 0.29) is 6.71 Å². The Bertz CT molecular complexity index is 1920. The highest BCUT2D eigenvalue weighted by Crippen LogP contribution is 2.34. The van der Waals surface area contributed by atoms with E-state index in [1.807, 2.05) is 116 Å². The zero-order valence-corrected chi connectivity index (χ0v) is 24.0. The Morgan fingerprint density at radius 3 is 1.72 bits per heavy atom. The van der Waals surface area contributed by atoms with Gasteiger partial charge in [-0.3, -0.25) is 0 Å². The van der Waals surface area contributed by atoms with Gasteiger partial charge in [-0.05, 0) is 96.6 Å². The maximum absolute atomic E-state index is 6.14. The van der Waals surface area contributed by atoms with Crippen molar-refractivity contribution in [3.05, 3.63) is 151 Å². The van der Waals surface area contributed by atoms with Crippen LogP contribution >= 0.6 is 0 Å². The molecule has 0 N–H and O–H groups in total. The summed E-state index contributed by atoms with van der Waals surface area (Å²) in [4.78, 5) is 0. The first-order valence-electron chi connectivity index (χ1n) is 14.4. The molecule has 0 saturated carbocycles. The van der Waals surface area contributed by atoms with Crippen molar-refractivity contribution in [2.75, 3.05) is 0 Å². The monoisotopic (exact) mass is 560 g/mol. The van der Waals surface area contributed by atoms with Gasteiger partial charge >= 0.3 is 0 Å². The third kappa shape index (κ3) is 5.58. The molecule has 6 aromatic rings. The molecule has 208 valence electrons. The summed E-state index contributed by atoms with van der Waals surface area (Å²) >= 11 is 0. The van der Waals surface area contributed by atoms with Gasteiger partial charge in [-0.2, -0.15) is 0 Å². The van der Waals surface area contributed by atoms with Crippen molar-refractivity contribution >= 4 is 23.1 Å². The zero-order valence-electron chi connectivity index (χ0n) is 24.0. The number of ether oxygens (including phenoxy) is 4. The largest absolute Gasteiger partial charge is 0.458 e. The lowest BCUT2D eigenvalue weighted by Gasteiger charge is -2.32. The molecule has 0 bridgehead atoms. The van der Waals surface area contributed by atoms with Crippen LogP contribution in [0.15, 0.2) is 140 Å². The van der Waals surface area contributed by atoms with E-state index in [0.29, 0.717) is 0 Å². The van der Waals surface area contributed by atoms with E-state index >= 15 is 0 Å². The normalized spacial score (nSPS) is 11.8. The Morgan fingerprint density at radius 1 is 0.419 bits per heavy atom. The van der Waals surface area contributed by atoms with Gasteiger partial charge in [-0.25, -0.2) is 0 Å². The van der Waals surface area contributed by atoms with Crippen LogP contribution in [0.1, 0.15) is 11.1 Å². The van der Waals surface area contributed by atoms with Crippen LogP contribution in [0.4, 0.5) is 0 Å². The lowest BCUT2D eigenvalue weighted by atomic mass is 9.35.